The van der Waals surface area contributed by atoms with Crippen molar-refractivity contribution in [2.75, 3.05) is 31.1 Å². The van der Waals surface area contributed by atoms with Gasteiger partial charge in [-0.3, -0.25) is 4.79 Å². The summed E-state index contributed by atoms with van der Waals surface area (Å²) in [4.78, 5) is 23.8. The van der Waals surface area contributed by atoms with Gasteiger partial charge in [-0.05, 0) is 24.6 Å². The summed E-state index contributed by atoms with van der Waals surface area (Å²) in [7, 11) is 0. The number of nitrogens with one attached hydrogen (secondary N) is 2. The molecule has 0 saturated carbocycles. The highest BCUT2D eigenvalue weighted by atomic mass is 16.4. The molecule has 0 spiro atoms. The molecule has 0 aromatic heterocycles. The molecule has 1 saturated heterocycles. The fraction of sp³-hybridized carbons (Fsp3) is 0.429. The van der Waals surface area contributed by atoms with E-state index < -0.39 is 11.9 Å². The molecule has 1 aromatic rings. The van der Waals surface area contributed by atoms with Crippen molar-refractivity contribution in [1.82, 2.24) is 10.6 Å². The molecule has 1 aliphatic rings. The summed E-state index contributed by atoms with van der Waals surface area (Å²) in [5.74, 6) is -2.34. The number of carboxylic acid groups (broad SMARTS) is 1. The van der Waals surface area contributed by atoms with Crippen LogP contribution in [0.25, 0.3) is 0 Å². The van der Waals surface area contributed by atoms with E-state index in [0.717, 1.165) is 25.2 Å². The smallest absolute Gasteiger partial charge is 0.394 e. The summed E-state index contributed by atoms with van der Waals surface area (Å²) in [5, 5.41) is 15.5. The Labute approximate surface area is 117 Å². The average molecular weight is 277 g/mol. The van der Waals surface area contributed by atoms with Gasteiger partial charge in [-0.25, -0.2) is 4.79 Å². The summed E-state index contributed by atoms with van der Waals surface area (Å²) >= 11 is 0. The molecular formula is C14H19N3O3. The lowest BCUT2D eigenvalue weighted by Crippen LogP contribution is -2.42. The van der Waals surface area contributed by atoms with E-state index in [2.05, 4.69) is 10.6 Å². The number of carboxylic acids is 1. The van der Waals surface area contributed by atoms with Crippen molar-refractivity contribution >= 4 is 17.6 Å². The lowest BCUT2D eigenvalue weighted by molar-refractivity contribution is -0.148. The molecule has 1 amide bonds. The highest BCUT2D eigenvalue weighted by Crippen LogP contribution is 2.21. The van der Waals surface area contributed by atoms with Gasteiger partial charge in [-0.15, -0.1) is 0 Å². The fourth-order valence-corrected chi connectivity index (χ4v) is 2.36. The molecule has 20 heavy (non-hydrogen) atoms. The van der Waals surface area contributed by atoms with Crippen LogP contribution in [0.2, 0.25) is 0 Å². The molecular weight excluding hydrogens is 258 g/mol. The first-order chi connectivity index (χ1) is 9.63. The molecule has 2 rings (SSSR count). The lowest BCUT2D eigenvalue weighted by Gasteiger charge is -2.26. The van der Waals surface area contributed by atoms with Gasteiger partial charge >= 0.3 is 11.9 Å². The van der Waals surface area contributed by atoms with E-state index in [1.165, 1.54) is 4.90 Å². The molecule has 6 heteroatoms. The molecule has 1 atom stereocenters. The lowest BCUT2D eigenvalue weighted by atomic mass is 10.0. The third-order valence-corrected chi connectivity index (χ3v) is 3.37. The van der Waals surface area contributed by atoms with Crippen LogP contribution in [-0.2, 0) is 9.59 Å². The first-order valence-corrected chi connectivity index (χ1v) is 6.72. The second-order valence-corrected chi connectivity index (χ2v) is 4.66. The van der Waals surface area contributed by atoms with Gasteiger partial charge in [-0.1, -0.05) is 12.1 Å². The van der Waals surface area contributed by atoms with Crippen molar-refractivity contribution in [3.8, 4) is 0 Å². The van der Waals surface area contributed by atoms with Crippen LogP contribution in [0.15, 0.2) is 24.3 Å². The molecule has 1 aromatic carbocycles. The largest absolute Gasteiger partial charge is 0.474 e. The Bertz CT molecular complexity index is 498. The molecule has 108 valence electrons. The van der Waals surface area contributed by atoms with Crippen LogP contribution in [0.5, 0.6) is 0 Å². The van der Waals surface area contributed by atoms with E-state index in [4.69, 9.17) is 5.11 Å². The van der Waals surface area contributed by atoms with Crippen LogP contribution in [0, 0.1) is 0 Å². The predicted molar refractivity (Wildman–Crippen MR) is 75.7 cm³/mol. The Hall–Kier alpha value is -1.92. The maximum Gasteiger partial charge on any atom is 0.394 e. The van der Waals surface area contributed by atoms with Crippen molar-refractivity contribution in [3.05, 3.63) is 29.8 Å². The number of hydrogen-bond donors (Lipinski definition) is 3. The highest BCUT2D eigenvalue weighted by molar-refractivity contribution is 6.37. The summed E-state index contributed by atoms with van der Waals surface area (Å²) in [5.41, 5.74) is 1.66. The van der Waals surface area contributed by atoms with E-state index in [9.17, 15) is 9.59 Å². The van der Waals surface area contributed by atoms with Crippen molar-refractivity contribution in [1.29, 1.82) is 0 Å². The Morgan fingerprint density at radius 2 is 2.20 bits per heavy atom. The number of aliphatic carboxylic acids is 1. The fourth-order valence-electron chi connectivity index (χ4n) is 2.36. The van der Waals surface area contributed by atoms with E-state index in [0.29, 0.717) is 12.2 Å². The van der Waals surface area contributed by atoms with E-state index in [1.54, 1.807) is 13.0 Å². The van der Waals surface area contributed by atoms with Gasteiger partial charge in [0.05, 0.1) is 0 Å². The van der Waals surface area contributed by atoms with E-state index >= 15 is 0 Å². The quantitative estimate of drug-likeness (QED) is 0.695. The van der Waals surface area contributed by atoms with Crippen molar-refractivity contribution in [3.63, 3.8) is 0 Å². The van der Waals surface area contributed by atoms with Gasteiger partial charge in [0.15, 0.2) is 0 Å². The van der Waals surface area contributed by atoms with Crippen LogP contribution in [-0.4, -0.2) is 43.2 Å². The summed E-state index contributed by atoms with van der Waals surface area (Å²) in [6.45, 7) is 4.73. The number of likely N-dealkylation sites (N-methyl/N-ethyl adjacent to an activating group) is 1. The Morgan fingerprint density at radius 3 is 2.80 bits per heavy atom. The zero-order valence-corrected chi connectivity index (χ0v) is 11.4. The van der Waals surface area contributed by atoms with Gasteiger partial charge < -0.3 is 20.6 Å². The SMILES string of the molecule is CCN(C(=O)C(=O)O)c1cccc(C2CNCCN2)c1. The van der Waals surface area contributed by atoms with Crippen LogP contribution in [0.4, 0.5) is 5.69 Å². The maximum atomic E-state index is 11.7. The first kappa shape index (κ1) is 14.5. The predicted octanol–water partition coefficient (Wildman–Crippen LogP) is 0.358. The van der Waals surface area contributed by atoms with Crippen LogP contribution in [0.1, 0.15) is 18.5 Å². The number of benzene rings is 1. The Morgan fingerprint density at radius 1 is 1.40 bits per heavy atom. The number of amides is 1. The van der Waals surface area contributed by atoms with Gasteiger partial charge in [0.1, 0.15) is 0 Å². The number of nitrogens with zero attached hydrogens (tertiary/aromatic N) is 1. The van der Waals surface area contributed by atoms with Crippen LogP contribution < -0.4 is 15.5 Å². The number of rotatable bonds is 3. The first-order valence-electron chi connectivity index (χ1n) is 6.72. The summed E-state index contributed by atoms with van der Waals surface area (Å²) < 4.78 is 0. The maximum absolute atomic E-state index is 11.7. The zero-order valence-electron chi connectivity index (χ0n) is 11.4. The third-order valence-electron chi connectivity index (χ3n) is 3.37. The molecule has 1 aliphatic heterocycles. The molecule has 3 N–H and O–H groups in total. The molecule has 6 nitrogen and oxygen atoms in total. The topological polar surface area (TPSA) is 81.7 Å². The number of carbonyl (C=O) groups is 2. The minimum Gasteiger partial charge on any atom is -0.474 e. The minimum absolute atomic E-state index is 0.183. The van der Waals surface area contributed by atoms with Crippen LogP contribution in [0.3, 0.4) is 0 Å². The van der Waals surface area contributed by atoms with Crippen LogP contribution >= 0.6 is 0 Å². The third kappa shape index (κ3) is 3.15. The van der Waals surface area contributed by atoms with Crippen molar-refractivity contribution in [2.24, 2.45) is 0 Å². The highest BCUT2D eigenvalue weighted by Gasteiger charge is 2.22. The standard InChI is InChI=1S/C14H19N3O3/c1-2-17(13(18)14(19)20)11-5-3-4-10(8-11)12-9-15-6-7-16-12/h3-5,8,12,15-16H,2,6-7,9H2,1H3,(H,19,20). The van der Waals surface area contributed by atoms with Crippen molar-refractivity contribution in [2.45, 2.75) is 13.0 Å². The Balaban J connectivity index is 2.23. The van der Waals surface area contributed by atoms with E-state index in [1.807, 2.05) is 18.2 Å². The minimum atomic E-state index is -1.44. The average Bonchev–Trinajstić information content (AvgIpc) is 2.49. The van der Waals surface area contributed by atoms with Gasteiger partial charge in [0, 0.05) is 37.9 Å². The molecule has 0 bridgehead atoms. The van der Waals surface area contributed by atoms with E-state index in [-0.39, 0.29) is 6.04 Å². The molecule has 1 heterocycles. The normalized spacial score (nSPS) is 18.6. The number of carbonyl (C=O) groups excluding carboxylic acids is 1. The second-order valence-electron chi connectivity index (χ2n) is 4.66. The van der Waals surface area contributed by atoms with Gasteiger partial charge in [0.25, 0.3) is 0 Å². The van der Waals surface area contributed by atoms with Gasteiger partial charge in [0.2, 0.25) is 0 Å². The monoisotopic (exact) mass is 277 g/mol. The number of piperazine rings is 1. The second kappa shape index (κ2) is 6.49. The van der Waals surface area contributed by atoms with Gasteiger partial charge in [-0.2, -0.15) is 0 Å². The number of hydrogen-bond acceptors (Lipinski definition) is 4. The summed E-state index contributed by atoms with van der Waals surface area (Å²) in [6, 6.07) is 7.63. The molecule has 0 radical (unpaired) electrons. The molecule has 1 unspecified atom stereocenters. The Kier molecular flexibility index (Phi) is 4.70. The van der Waals surface area contributed by atoms with Crippen molar-refractivity contribution < 1.29 is 14.7 Å². The summed E-state index contributed by atoms with van der Waals surface area (Å²) in [6.07, 6.45) is 0. The zero-order chi connectivity index (χ0) is 14.5. The number of anilines is 1. The molecule has 0 aliphatic carbocycles. The molecule has 1 fully saturated rings.